The van der Waals surface area contributed by atoms with Gasteiger partial charge in [0.25, 0.3) is 15.6 Å². The van der Waals surface area contributed by atoms with Crippen LogP contribution in [-0.2, 0) is 10.0 Å². The highest BCUT2D eigenvalue weighted by molar-refractivity contribution is 7.98. The molecule has 10 heteroatoms. The minimum Gasteiger partial charge on any atom is -0.382 e. The number of anilines is 1. The molecular weight excluding hydrogens is 350 g/mol. The number of rotatable bonds is 4. The Hall–Kier alpha value is -2.95. The highest BCUT2D eigenvalue weighted by Crippen LogP contribution is 2.26. The molecule has 0 aliphatic carbocycles. The summed E-state index contributed by atoms with van der Waals surface area (Å²) in [5, 5.41) is 18.4. The summed E-state index contributed by atoms with van der Waals surface area (Å²) in [5.74, 6) is -0.384. The molecule has 0 spiro atoms. The van der Waals surface area contributed by atoms with E-state index in [-0.39, 0.29) is 26.7 Å². The average Bonchev–Trinajstić information content (AvgIpc) is 2.59. The normalized spacial score (nSPS) is 10.6. The Kier molecular flexibility index (Phi) is 4.83. The molecule has 0 radical (unpaired) electrons. The van der Waals surface area contributed by atoms with Crippen molar-refractivity contribution in [1.29, 1.82) is 10.5 Å². The Bertz CT molecular complexity index is 1030. The van der Waals surface area contributed by atoms with Gasteiger partial charge in [0.15, 0.2) is 0 Å². The molecule has 122 valence electrons. The standard InChI is InChI=1S/C14H11N5O3S2/c1-23-12-10(7-15)13(17)19(14(20)11(12)8-16)18-24(21,22)9-5-3-2-4-6-9/h2-6,18H,17H2,1H3. The van der Waals surface area contributed by atoms with E-state index in [1.165, 1.54) is 24.3 Å². The molecule has 1 aromatic carbocycles. The Morgan fingerprint density at radius 2 is 1.75 bits per heavy atom. The fraction of sp³-hybridized carbons (Fsp3) is 0.0714. The van der Waals surface area contributed by atoms with Gasteiger partial charge in [0.1, 0.15) is 29.1 Å². The Morgan fingerprint density at radius 3 is 2.25 bits per heavy atom. The lowest BCUT2D eigenvalue weighted by atomic mass is 10.2. The van der Waals surface area contributed by atoms with Crippen molar-refractivity contribution >= 4 is 27.6 Å². The number of benzene rings is 1. The van der Waals surface area contributed by atoms with Crippen molar-refractivity contribution in [3.05, 3.63) is 51.8 Å². The second-order valence-corrected chi connectivity index (χ2v) is 6.92. The van der Waals surface area contributed by atoms with Crippen LogP contribution in [0.4, 0.5) is 5.82 Å². The van der Waals surface area contributed by atoms with E-state index in [0.717, 1.165) is 11.8 Å². The quantitative estimate of drug-likeness (QED) is 0.768. The molecule has 1 heterocycles. The third-order valence-corrected chi connectivity index (χ3v) is 5.19. The van der Waals surface area contributed by atoms with Crippen LogP contribution >= 0.6 is 11.8 Å². The van der Waals surface area contributed by atoms with Crippen molar-refractivity contribution in [2.75, 3.05) is 16.8 Å². The van der Waals surface area contributed by atoms with Crippen LogP contribution < -0.4 is 16.1 Å². The van der Waals surface area contributed by atoms with Gasteiger partial charge in [-0.3, -0.25) is 4.79 Å². The number of nitriles is 2. The molecule has 0 fully saturated rings. The first-order valence-corrected chi connectivity index (χ1v) is 9.08. The number of nitrogen functional groups attached to an aromatic ring is 1. The van der Waals surface area contributed by atoms with Crippen LogP contribution in [-0.4, -0.2) is 19.3 Å². The minimum atomic E-state index is -4.12. The number of thioether (sulfide) groups is 1. The molecule has 0 saturated heterocycles. The zero-order valence-electron chi connectivity index (χ0n) is 12.3. The van der Waals surface area contributed by atoms with Crippen molar-refractivity contribution in [3.8, 4) is 12.1 Å². The number of nitrogens with two attached hydrogens (primary N) is 1. The first kappa shape index (κ1) is 17.4. The number of aromatic nitrogens is 1. The Balaban J connectivity index is 2.72. The molecule has 0 atom stereocenters. The van der Waals surface area contributed by atoms with E-state index in [0.29, 0.717) is 4.68 Å². The summed E-state index contributed by atoms with van der Waals surface area (Å²) in [5.41, 5.74) is 4.32. The van der Waals surface area contributed by atoms with Gasteiger partial charge in [-0.25, -0.2) is 4.83 Å². The van der Waals surface area contributed by atoms with Crippen LogP contribution in [0.15, 0.2) is 44.9 Å². The predicted molar refractivity (Wildman–Crippen MR) is 89.3 cm³/mol. The first-order valence-electron chi connectivity index (χ1n) is 6.38. The van der Waals surface area contributed by atoms with Crippen molar-refractivity contribution in [3.63, 3.8) is 0 Å². The number of sulfonamides is 1. The van der Waals surface area contributed by atoms with E-state index in [1.54, 1.807) is 24.5 Å². The minimum absolute atomic E-state index is 0.0951. The number of pyridine rings is 1. The fourth-order valence-corrected chi connectivity index (χ4v) is 3.68. The van der Waals surface area contributed by atoms with Gasteiger partial charge in [-0.15, -0.1) is 11.8 Å². The summed E-state index contributed by atoms with van der Waals surface area (Å²) < 4.78 is 25.2. The third-order valence-electron chi connectivity index (χ3n) is 3.06. The molecule has 0 aliphatic heterocycles. The van der Waals surface area contributed by atoms with E-state index < -0.39 is 15.6 Å². The van der Waals surface area contributed by atoms with E-state index in [4.69, 9.17) is 5.73 Å². The van der Waals surface area contributed by atoms with E-state index in [9.17, 15) is 23.7 Å². The molecule has 0 aliphatic rings. The Labute approximate surface area is 142 Å². The van der Waals surface area contributed by atoms with Gasteiger partial charge in [0.2, 0.25) is 0 Å². The van der Waals surface area contributed by atoms with Crippen molar-refractivity contribution in [1.82, 2.24) is 4.68 Å². The fourth-order valence-electron chi connectivity index (χ4n) is 1.95. The largest absolute Gasteiger partial charge is 0.382 e. The van der Waals surface area contributed by atoms with Crippen LogP contribution in [0.2, 0.25) is 0 Å². The maximum absolute atomic E-state index is 12.4. The van der Waals surface area contributed by atoms with Crippen molar-refractivity contribution < 1.29 is 8.42 Å². The summed E-state index contributed by atoms with van der Waals surface area (Å²) in [4.78, 5) is 14.4. The summed E-state index contributed by atoms with van der Waals surface area (Å²) >= 11 is 1.01. The predicted octanol–water partition coefficient (Wildman–Crippen LogP) is 0.828. The topological polar surface area (TPSA) is 142 Å². The summed E-state index contributed by atoms with van der Waals surface area (Å²) in [7, 11) is -4.12. The molecular formula is C14H11N5O3S2. The van der Waals surface area contributed by atoms with Crippen LogP contribution in [0.5, 0.6) is 0 Å². The highest BCUT2D eigenvalue weighted by Gasteiger charge is 2.23. The van der Waals surface area contributed by atoms with Gasteiger partial charge in [-0.1, -0.05) is 18.2 Å². The smallest absolute Gasteiger partial charge is 0.290 e. The lowest BCUT2D eigenvalue weighted by molar-refractivity contribution is 0.594. The lowest BCUT2D eigenvalue weighted by Crippen LogP contribution is -2.37. The highest BCUT2D eigenvalue weighted by atomic mass is 32.2. The first-order chi connectivity index (χ1) is 11.4. The van der Waals surface area contributed by atoms with Gasteiger partial charge in [-0.2, -0.15) is 23.6 Å². The lowest BCUT2D eigenvalue weighted by Gasteiger charge is -2.16. The monoisotopic (exact) mass is 361 g/mol. The number of nitrogens with one attached hydrogen (secondary N) is 1. The van der Waals surface area contributed by atoms with Gasteiger partial charge < -0.3 is 5.73 Å². The molecule has 1 aromatic heterocycles. The van der Waals surface area contributed by atoms with E-state index >= 15 is 0 Å². The van der Waals surface area contributed by atoms with Crippen molar-refractivity contribution in [2.24, 2.45) is 0 Å². The Morgan fingerprint density at radius 1 is 1.17 bits per heavy atom. The van der Waals surface area contributed by atoms with Gasteiger partial charge in [0.05, 0.1) is 9.79 Å². The van der Waals surface area contributed by atoms with Crippen LogP contribution in [0.1, 0.15) is 11.1 Å². The van der Waals surface area contributed by atoms with Crippen molar-refractivity contribution in [2.45, 2.75) is 9.79 Å². The summed E-state index contributed by atoms with van der Waals surface area (Å²) in [6, 6.07) is 10.8. The zero-order chi connectivity index (χ0) is 17.9. The molecule has 0 saturated carbocycles. The maximum atomic E-state index is 12.4. The molecule has 24 heavy (non-hydrogen) atoms. The molecule has 2 rings (SSSR count). The SMILES string of the molecule is CSc1c(C#N)c(N)n(NS(=O)(=O)c2ccccc2)c(=O)c1C#N. The maximum Gasteiger partial charge on any atom is 0.290 e. The molecule has 8 nitrogen and oxygen atoms in total. The number of hydrogen-bond acceptors (Lipinski definition) is 7. The second-order valence-electron chi connectivity index (χ2n) is 4.44. The molecule has 0 unspecified atom stereocenters. The van der Waals surface area contributed by atoms with E-state index in [1.807, 2.05) is 4.83 Å². The summed E-state index contributed by atoms with van der Waals surface area (Å²) in [6.07, 6.45) is 1.58. The van der Waals surface area contributed by atoms with Crippen LogP contribution in [0.3, 0.4) is 0 Å². The van der Waals surface area contributed by atoms with Gasteiger partial charge in [0, 0.05) is 0 Å². The van der Waals surface area contributed by atoms with Crippen LogP contribution in [0, 0.1) is 22.7 Å². The molecule has 0 bridgehead atoms. The third kappa shape index (κ3) is 2.93. The number of nitrogens with zero attached hydrogens (tertiary/aromatic N) is 3. The van der Waals surface area contributed by atoms with E-state index in [2.05, 4.69) is 0 Å². The second kappa shape index (κ2) is 6.66. The average molecular weight is 361 g/mol. The molecule has 2 aromatic rings. The zero-order valence-corrected chi connectivity index (χ0v) is 14.0. The molecule has 3 N–H and O–H groups in total. The van der Waals surface area contributed by atoms with Gasteiger partial charge in [-0.05, 0) is 18.4 Å². The van der Waals surface area contributed by atoms with Crippen LogP contribution in [0.25, 0.3) is 0 Å². The molecule has 0 amide bonds. The summed E-state index contributed by atoms with van der Waals surface area (Å²) in [6.45, 7) is 0. The number of hydrogen-bond donors (Lipinski definition) is 2. The van der Waals surface area contributed by atoms with Gasteiger partial charge >= 0.3 is 0 Å².